The zero-order chi connectivity index (χ0) is 19.9. The van der Waals surface area contributed by atoms with Crippen LogP contribution in [0.15, 0.2) is 48.7 Å². The number of nitrogens with one attached hydrogen (secondary N) is 3. The van der Waals surface area contributed by atoms with E-state index in [1.165, 1.54) is 41.3 Å². The van der Waals surface area contributed by atoms with E-state index in [4.69, 9.17) is 10.5 Å². The number of benzene rings is 2. The van der Waals surface area contributed by atoms with Crippen molar-refractivity contribution in [2.75, 3.05) is 32.8 Å². The Kier molecular flexibility index (Phi) is 6.83. The van der Waals surface area contributed by atoms with Crippen LogP contribution in [0.4, 0.5) is 0 Å². The number of fused-ring (bicyclic) bond motifs is 1. The average molecular weight is 393 g/mol. The third-order valence-electron chi connectivity index (χ3n) is 5.83. The first kappa shape index (κ1) is 20.0. The summed E-state index contributed by atoms with van der Waals surface area (Å²) in [7, 11) is 0. The number of hydrogen-bond donors (Lipinski definition) is 4. The molecule has 5 nitrogen and oxygen atoms in total. The lowest BCUT2D eigenvalue weighted by molar-refractivity contribution is 0.322. The van der Waals surface area contributed by atoms with E-state index >= 15 is 0 Å². The van der Waals surface area contributed by atoms with E-state index in [2.05, 4.69) is 58.1 Å². The molecule has 0 unspecified atom stereocenters. The first-order chi connectivity index (χ1) is 14.3. The van der Waals surface area contributed by atoms with Crippen molar-refractivity contribution in [3.63, 3.8) is 0 Å². The fourth-order valence-corrected chi connectivity index (χ4v) is 4.14. The summed E-state index contributed by atoms with van der Waals surface area (Å²) in [4.78, 5) is 3.26. The maximum Gasteiger partial charge on any atom is 0.123 e. The highest BCUT2D eigenvalue weighted by atomic mass is 16.5. The van der Waals surface area contributed by atoms with E-state index in [1.807, 2.05) is 6.20 Å². The van der Waals surface area contributed by atoms with Crippen LogP contribution in [0.1, 0.15) is 24.8 Å². The van der Waals surface area contributed by atoms with Crippen LogP contribution in [0, 0.1) is 5.92 Å². The summed E-state index contributed by atoms with van der Waals surface area (Å²) in [6, 6.07) is 15.1. The van der Waals surface area contributed by atoms with Gasteiger partial charge in [0.2, 0.25) is 0 Å². The van der Waals surface area contributed by atoms with Crippen LogP contribution in [0.5, 0.6) is 5.75 Å². The molecule has 1 aromatic heterocycles. The molecule has 4 rings (SSSR count). The summed E-state index contributed by atoms with van der Waals surface area (Å²) in [5, 5.41) is 8.30. The van der Waals surface area contributed by atoms with Gasteiger partial charge < -0.3 is 26.1 Å². The SMILES string of the molecule is NCCOc1ccc(-c2ccc3[nH]ccc3c2)cc1CNCCC1CCNCC1. The van der Waals surface area contributed by atoms with Gasteiger partial charge in [-0.05, 0) is 91.7 Å². The van der Waals surface area contributed by atoms with Gasteiger partial charge in [-0.25, -0.2) is 0 Å². The number of aromatic nitrogens is 1. The smallest absolute Gasteiger partial charge is 0.123 e. The van der Waals surface area contributed by atoms with Crippen LogP contribution < -0.4 is 21.1 Å². The second-order valence-corrected chi connectivity index (χ2v) is 7.90. The number of hydrogen-bond acceptors (Lipinski definition) is 4. The van der Waals surface area contributed by atoms with Crippen LogP contribution >= 0.6 is 0 Å². The molecule has 3 aromatic rings. The number of aromatic amines is 1. The maximum atomic E-state index is 5.90. The van der Waals surface area contributed by atoms with Crippen molar-refractivity contribution in [2.45, 2.75) is 25.8 Å². The van der Waals surface area contributed by atoms with E-state index in [9.17, 15) is 0 Å². The quantitative estimate of drug-likeness (QED) is 0.419. The van der Waals surface area contributed by atoms with Gasteiger partial charge in [-0.2, -0.15) is 0 Å². The lowest BCUT2D eigenvalue weighted by Crippen LogP contribution is -2.29. The van der Waals surface area contributed by atoms with Crippen molar-refractivity contribution in [2.24, 2.45) is 11.7 Å². The molecule has 2 heterocycles. The Bertz CT molecular complexity index is 914. The molecule has 0 bridgehead atoms. The highest BCUT2D eigenvalue weighted by molar-refractivity contribution is 5.85. The van der Waals surface area contributed by atoms with Crippen molar-refractivity contribution in [1.82, 2.24) is 15.6 Å². The Labute approximate surface area is 173 Å². The Balaban J connectivity index is 1.45. The maximum absolute atomic E-state index is 5.90. The van der Waals surface area contributed by atoms with Crippen LogP contribution in [-0.4, -0.2) is 37.8 Å². The van der Waals surface area contributed by atoms with Crippen molar-refractivity contribution in [3.8, 4) is 16.9 Å². The van der Waals surface area contributed by atoms with Gasteiger partial charge in [0.05, 0.1) is 0 Å². The minimum absolute atomic E-state index is 0.522. The molecule has 0 radical (unpaired) electrons. The van der Waals surface area contributed by atoms with Gasteiger partial charge in [0, 0.05) is 30.4 Å². The van der Waals surface area contributed by atoms with E-state index in [-0.39, 0.29) is 0 Å². The number of nitrogens with two attached hydrogens (primary N) is 1. The molecule has 154 valence electrons. The molecule has 0 aliphatic carbocycles. The molecule has 0 atom stereocenters. The minimum atomic E-state index is 0.522. The second-order valence-electron chi connectivity index (χ2n) is 7.90. The first-order valence-electron chi connectivity index (χ1n) is 10.8. The summed E-state index contributed by atoms with van der Waals surface area (Å²) >= 11 is 0. The lowest BCUT2D eigenvalue weighted by Gasteiger charge is -2.22. The monoisotopic (exact) mass is 392 g/mol. The number of rotatable bonds is 9. The Morgan fingerprint density at radius 1 is 1.03 bits per heavy atom. The fourth-order valence-electron chi connectivity index (χ4n) is 4.14. The number of piperidine rings is 1. The molecule has 1 saturated heterocycles. The fraction of sp³-hybridized carbons (Fsp3) is 0.417. The predicted octanol–water partition coefficient (Wildman–Crippen LogP) is 3.65. The largest absolute Gasteiger partial charge is 0.492 e. The van der Waals surface area contributed by atoms with Crippen molar-refractivity contribution >= 4 is 10.9 Å². The summed E-state index contributed by atoms with van der Waals surface area (Å²) in [5.74, 6) is 1.77. The summed E-state index contributed by atoms with van der Waals surface area (Å²) in [6.45, 7) is 5.24. The van der Waals surface area contributed by atoms with Crippen LogP contribution in [-0.2, 0) is 6.54 Å². The molecule has 0 amide bonds. The van der Waals surface area contributed by atoms with Gasteiger partial charge >= 0.3 is 0 Å². The Morgan fingerprint density at radius 2 is 1.86 bits per heavy atom. The number of ether oxygens (including phenoxy) is 1. The molecule has 1 fully saturated rings. The number of H-pyrrole nitrogens is 1. The highest BCUT2D eigenvalue weighted by Crippen LogP contribution is 2.29. The summed E-state index contributed by atoms with van der Waals surface area (Å²) < 4.78 is 5.90. The van der Waals surface area contributed by atoms with Gasteiger partial charge in [-0.3, -0.25) is 0 Å². The normalized spacial score (nSPS) is 15.1. The molecule has 5 N–H and O–H groups in total. The molecule has 1 aliphatic heterocycles. The Morgan fingerprint density at radius 3 is 2.72 bits per heavy atom. The first-order valence-corrected chi connectivity index (χ1v) is 10.8. The van der Waals surface area contributed by atoms with E-state index in [1.54, 1.807) is 0 Å². The zero-order valence-electron chi connectivity index (χ0n) is 17.0. The molecular weight excluding hydrogens is 360 g/mol. The van der Waals surface area contributed by atoms with Crippen molar-refractivity contribution in [3.05, 3.63) is 54.2 Å². The molecule has 2 aromatic carbocycles. The minimum Gasteiger partial charge on any atom is -0.492 e. The predicted molar refractivity (Wildman–Crippen MR) is 120 cm³/mol. The molecular formula is C24H32N4O. The third kappa shape index (κ3) is 5.18. The average Bonchev–Trinajstić information content (AvgIpc) is 3.24. The van der Waals surface area contributed by atoms with Gasteiger partial charge in [-0.1, -0.05) is 12.1 Å². The molecule has 0 saturated carbocycles. The van der Waals surface area contributed by atoms with E-state index < -0.39 is 0 Å². The molecule has 29 heavy (non-hydrogen) atoms. The van der Waals surface area contributed by atoms with Gasteiger partial charge in [0.1, 0.15) is 12.4 Å². The topological polar surface area (TPSA) is 75.1 Å². The van der Waals surface area contributed by atoms with Crippen LogP contribution in [0.3, 0.4) is 0 Å². The summed E-state index contributed by atoms with van der Waals surface area (Å²) in [5.41, 5.74) is 10.4. The molecule has 1 aliphatic rings. The zero-order valence-corrected chi connectivity index (χ0v) is 17.0. The van der Waals surface area contributed by atoms with E-state index in [0.717, 1.165) is 43.4 Å². The van der Waals surface area contributed by atoms with Gasteiger partial charge in [0.25, 0.3) is 0 Å². The van der Waals surface area contributed by atoms with Crippen molar-refractivity contribution < 1.29 is 4.74 Å². The van der Waals surface area contributed by atoms with Gasteiger partial charge in [0.15, 0.2) is 0 Å². The third-order valence-corrected chi connectivity index (χ3v) is 5.83. The highest BCUT2D eigenvalue weighted by Gasteiger charge is 2.13. The lowest BCUT2D eigenvalue weighted by atomic mass is 9.95. The summed E-state index contributed by atoms with van der Waals surface area (Å²) in [6.07, 6.45) is 5.81. The van der Waals surface area contributed by atoms with E-state index in [0.29, 0.717) is 13.2 Å². The van der Waals surface area contributed by atoms with Crippen LogP contribution in [0.2, 0.25) is 0 Å². The Hall–Kier alpha value is -2.34. The van der Waals surface area contributed by atoms with Crippen molar-refractivity contribution in [1.29, 1.82) is 0 Å². The van der Waals surface area contributed by atoms with Gasteiger partial charge in [-0.15, -0.1) is 0 Å². The molecule has 5 heteroatoms. The standard InChI is InChI=1S/C24H32N4O/c25-9-14-29-24-4-2-20(19-1-3-23-21(15-19)8-13-28-23)16-22(24)17-27-12-7-18-5-10-26-11-6-18/h1-4,8,13,15-16,18,26-28H,5-7,9-12,14,17,25H2. The van der Waals surface area contributed by atoms with Crippen LogP contribution in [0.25, 0.3) is 22.0 Å². The second kappa shape index (κ2) is 9.92. The molecule has 0 spiro atoms.